The summed E-state index contributed by atoms with van der Waals surface area (Å²) in [7, 11) is 0. The van der Waals surface area contributed by atoms with Crippen molar-refractivity contribution < 1.29 is 5.11 Å². The van der Waals surface area contributed by atoms with Crippen molar-refractivity contribution in [3.63, 3.8) is 0 Å². The van der Waals surface area contributed by atoms with Crippen LogP contribution in [0.1, 0.15) is 57.6 Å². The third-order valence-electron chi connectivity index (χ3n) is 4.29. The molecular weight excluding hydrogens is 222 g/mol. The lowest BCUT2D eigenvalue weighted by molar-refractivity contribution is 0.333. The minimum absolute atomic E-state index is 0.266. The van der Waals surface area contributed by atoms with Gasteiger partial charge < -0.3 is 10.4 Å². The monoisotopic (exact) mass is 247 g/mol. The Balaban J connectivity index is 2.02. The quantitative estimate of drug-likeness (QED) is 0.824. The van der Waals surface area contributed by atoms with Crippen molar-refractivity contribution in [3.05, 3.63) is 29.8 Å². The van der Waals surface area contributed by atoms with E-state index in [0.29, 0.717) is 11.8 Å². The van der Waals surface area contributed by atoms with Crippen LogP contribution >= 0.6 is 0 Å². The number of nitrogens with one attached hydrogen (secondary N) is 1. The van der Waals surface area contributed by atoms with Crippen LogP contribution in [0, 0.1) is 5.92 Å². The topological polar surface area (TPSA) is 32.3 Å². The molecular formula is C16H25NO. The summed E-state index contributed by atoms with van der Waals surface area (Å²) in [5.41, 5.74) is 1.03. The number of aromatic hydroxyl groups is 1. The molecule has 0 aromatic heterocycles. The molecule has 0 radical (unpaired) electrons. The van der Waals surface area contributed by atoms with E-state index in [1.807, 2.05) is 18.2 Å². The lowest BCUT2D eigenvalue weighted by atomic mass is 9.96. The maximum Gasteiger partial charge on any atom is 0.120 e. The Morgan fingerprint density at radius 2 is 1.94 bits per heavy atom. The molecule has 0 bridgehead atoms. The summed E-state index contributed by atoms with van der Waals surface area (Å²) < 4.78 is 0. The predicted octanol–water partition coefficient (Wildman–Crippen LogP) is 4.01. The smallest absolute Gasteiger partial charge is 0.120 e. The van der Waals surface area contributed by atoms with Crippen molar-refractivity contribution in [3.8, 4) is 5.75 Å². The minimum Gasteiger partial charge on any atom is -0.508 e. The summed E-state index contributed by atoms with van der Waals surface area (Å²) in [5.74, 6) is 1.22. The highest BCUT2D eigenvalue weighted by Crippen LogP contribution is 2.31. The van der Waals surface area contributed by atoms with Crippen LogP contribution < -0.4 is 5.32 Å². The molecule has 18 heavy (non-hydrogen) atoms. The number of hydrogen-bond acceptors (Lipinski definition) is 2. The summed E-state index contributed by atoms with van der Waals surface area (Å²) in [5, 5.41) is 13.7. The van der Waals surface area contributed by atoms with Crippen LogP contribution in [0.5, 0.6) is 5.75 Å². The van der Waals surface area contributed by atoms with E-state index < -0.39 is 0 Å². The molecule has 100 valence electrons. The number of phenols is 1. The molecule has 2 rings (SSSR count). The van der Waals surface area contributed by atoms with Crippen LogP contribution in [0.4, 0.5) is 0 Å². The number of benzene rings is 1. The second kappa shape index (κ2) is 6.24. The van der Waals surface area contributed by atoms with Gasteiger partial charge in [0.1, 0.15) is 5.75 Å². The first-order chi connectivity index (χ1) is 8.72. The molecule has 0 saturated heterocycles. The van der Waals surface area contributed by atoms with Crippen molar-refractivity contribution in [2.24, 2.45) is 5.92 Å². The van der Waals surface area contributed by atoms with E-state index in [4.69, 9.17) is 0 Å². The van der Waals surface area contributed by atoms with Gasteiger partial charge >= 0.3 is 0 Å². The lowest BCUT2D eigenvalue weighted by Gasteiger charge is -2.27. The molecule has 1 saturated carbocycles. The van der Waals surface area contributed by atoms with Gasteiger partial charge in [-0.15, -0.1) is 0 Å². The molecule has 1 aromatic carbocycles. The van der Waals surface area contributed by atoms with Gasteiger partial charge in [-0.2, -0.15) is 0 Å². The molecule has 1 unspecified atom stereocenters. The van der Waals surface area contributed by atoms with Crippen LogP contribution in [0.2, 0.25) is 0 Å². The van der Waals surface area contributed by atoms with E-state index >= 15 is 0 Å². The third kappa shape index (κ3) is 3.05. The molecule has 0 amide bonds. The zero-order chi connectivity index (χ0) is 13.0. The second-order valence-corrected chi connectivity index (χ2v) is 5.52. The highest BCUT2D eigenvalue weighted by Gasteiger charge is 2.24. The summed E-state index contributed by atoms with van der Waals surface area (Å²) in [6.45, 7) is 4.46. The molecule has 2 heteroatoms. The van der Waals surface area contributed by atoms with Crippen LogP contribution in [-0.2, 0) is 0 Å². The third-order valence-corrected chi connectivity index (χ3v) is 4.29. The number of rotatable bonds is 5. The average Bonchev–Trinajstić information content (AvgIpc) is 2.90. The number of para-hydroxylation sites is 1. The average molecular weight is 247 g/mol. The van der Waals surface area contributed by atoms with Gasteiger partial charge in [-0.25, -0.2) is 0 Å². The molecule has 2 N–H and O–H groups in total. The summed E-state index contributed by atoms with van der Waals surface area (Å²) >= 11 is 0. The first-order valence-corrected chi connectivity index (χ1v) is 7.26. The van der Waals surface area contributed by atoms with Crippen molar-refractivity contribution in [2.75, 3.05) is 0 Å². The highest BCUT2D eigenvalue weighted by atomic mass is 16.3. The SMILES string of the molecule is CCC(N[C@H](C)C1CCCC1)c1ccccc1O. The predicted molar refractivity (Wildman–Crippen MR) is 75.7 cm³/mol. The number of phenolic OH excluding ortho intramolecular Hbond substituents is 1. The normalized spacial score (nSPS) is 19.9. The Kier molecular flexibility index (Phi) is 4.65. The zero-order valence-corrected chi connectivity index (χ0v) is 11.5. The van der Waals surface area contributed by atoms with Gasteiger partial charge in [-0.05, 0) is 38.2 Å². The van der Waals surface area contributed by atoms with Gasteiger partial charge in [-0.1, -0.05) is 38.0 Å². The first-order valence-electron chi connectivity index (χ1n) is 7.26. The van der Waals surface area contributed by atoms with E-state index in [1.54, 1.807) is 6.07 Å². The van der Waals surface area contributed by atoms with Gasteiger partial charge in [0.05, 0.1) is 0 Å². The minimum atomic E-state index is 0.266. The maximum atomic E-state index is 9.95. The van der Waals surface area contributed by atoms with Gasteiger partial charge in [0.2, 0.25) is 0 Å². The van der Waals surface area contributed by atoms with Gasteiger partial charge in [-0.3, -0.25) is 0 Å². The van der Waals surface area contributed by atoms with Crippen molar-refractivity contribution >= 4 is 0 Å². The Bertz CT molecular complexity index is 371. The Morgan fingerprint density at radius 1 is 1.28 bits per heavy atom. The van der Waals surface area contributed by atoms with Crippen LogP contribution in [-0.4, -0.2) is 11.1 Å². The summed E-state index contributed by atoms with van der Waals surface area (Å²) in [6.07, 6.45) is 6.47. The van der Waals surface area contributed by atoms with Crippen LogP contribution in [0.3, 0.4) is 0 Å². The Labute approximate surface area is 110 Å². The second-order valence-electron chi connectivity index (χ2n) is 5.52. The molecule has 1 aromatic rings. The van der Waals surface area contributed by atoms with Gasteiger partial charge in [0, 0.05) is 17.6 Å². The molecule has 1 aliphatic carbocycles. The number of hydrogen-bond donors (Lipinski definition) is 2. The highest BCUT2D eigenvalue weighted by molar-refractivity contribution is 5.34. The van der Waals surface area contributed by atoms with Crippen LogP contribution in [0.15, 0.2) is 24.3 Å². The van der Waals surface area contributed by atoms with E-state index in [-0.39, 0.29) is 6.04 Å². The molecule has 1 aliphatic rings. The Morgan fingerprint density at radius 3 is 2.56 bits per heavy atom. The first kappa shape index (κ1) is 13.4. The summed E-state index contributed by atoms with van der Waals surface area (Å²) in [4.78, 5) is 0. The zero-order valence-electron chi connectivity index (χ0n) is 11.5. The summed E-state index contributed by atoms with van der Waals surface area (Å²) in [6, 6.07) is 8.49. The maximum absolute atomic E-state index is 9.95. The molecule has 2 atom stereocenters. The molecule has 0 spiro atoms. The fourth-order valence-electron chi connectivity index (χ4n) is 3.12. The van der Waals surface area contributed by atoms with Crippen molar-refractivity contribution in [1.29, 1.82) is 0 Å². The lowest BCUT2D eigenvalue weighted by Crippen LogP contribution is -2.35. The standard InChI is InChI=1S/C16H25NO/c1-3-15(14-10-6-7-11-16(14)18)17-12(2)13-8-4-5-9-13/h6-7,10-13,15,17-18H,3-5,8-9H2,1-2H3/t12-,15?/m1/s1. The molecule has 2 nitrogen and oxygen atoms in total. The van der Waals surface area contributed by atoms with E-state index in [9.17, 15) is 5.11 Å². The van der Waals surface area contributed by atoms with E-state index in [0.717, 1.165) is 17.9 Å². The van der Waals surface area contributed by atoms with Crippen LogP contribution in [0.25, 0.3) is 0 Å². The molecule has 0 aliphatic heterocycles. The van der Waals surface area contributed by atoms with E-state index in [1.165, 1.54) is 25.7 Å². The fraction of sp³-hybridized carbons (Fsp3) is 0.625. The molecule has 0 heterocycles. The van der Waals surface area contributed by atoms with Crippen molar-refractivity contribution in [1.82, 2.24) is 5.32 Å². The van der Waals surface area contributed by atoms with E-state index in [2.05, 4.69) is 19.2 Å². The van der Waals surface area contributed by atoms with Gasteiger partial charge in [0.15, 0.2) is 0 Å². The Hall–Kier alpha value is -1.02. The molecule has 1 fully saturated rings. The largest absolute Gasteiger partial charge is 0.508 e. The van der Waals surface area contributed by atoms with Gasteiger partial charge in [0.25, 0.3) is 0 Å². The fourth-order valence-corrected chi connectivity index (χ4v) is 3.12. The van der Waals surface area contributed by atoms with Crippen molar-refractivity contribution in [2.45, 2.75) is 58.0 Å².